The van der Waals surface area contributed by atoms with Crippen molar-refractivity contribution in [1.82, 2.24) is 19.7 Å². The normalized spacial score (nSPS) is 10.7. The van der Waals surface area contributed by atoms with Crippen molar-refractivity contribution < 1.29 is 4.79 Å². The Morgan fingerprint density at radius 1 is 1.16 bits per heavy atom. The molecule has 2 aromatic heterocycles. The number of nitrogens with zero attached hydrogens (tertiary/aromatic N) is 4. The number of rotatable bonds is 7. The van der Waals surface area contributed by atoms with E-state index in [9.17, 15) is 4.79 Å². The first-order chi connectivity index (χ1) is 15.4. The number of carbonyl (C=O) groups excluding carboxylic acids is 1. The van der Waals surface area contributed by atoms with Crippen molar-refractivity contribution in [2.24, 2.45) is 0 Å². The molecular formula is C23H22ClN7O. The molecule has 0 aliphatic carbocycles. The summed E-state index contributed by atoms with van der Waals surface area (Å²) in [4.78, 5) is 20.9. The van der Waals surface area contributed by atoms with E-state index in [0.717, 1.165) is 34.5 Å². The van der Waals surface area contributed by atoms with E-state index in [2.05, 4.69) is 37.6 Å². The van der Waals surface area contributed by atoms with Gasteiger partial charge in [-0.3, -0.25) is 9.48 Å². The predicted octanol–water partition coefficient (Wildman–Crippen LogP) is 5.42. The molecule has 0 radical (unpaired) electrons. The Morgan fingerprint density at radius 3 is 2.72 bits per heavy atom. The zero-order valence-corrected chi connectivity index (χ0v) is 18.4. The third kappa shape index (κ3) is 4.70. The highest BCUT2D eigenvalue weighted by atomic mass is 35.5. The smallest absolute Gasteiger partial charge is 0.247 e. The van der Waals surface area contributed by atoms with Gasteiger partial charge >= 0.3 is 0 Å². The average Bonchev–Trinajstić information content (AvgIpc) is 3.13. The quantitative estimate of drug-likeness (QED) is 0.327. The first-order valence-corrected chi connectivity index (χ1v) is 10.4. The third-order valence-electron chi connectivity index (χ3n) is 4.75. The topological polar surface area (TPSA) is 96.8 Å². The summed E-state index contributed by atoms with van der Waals surface area (Å²) in [5, 5.41) is 15.1. The molecule has 0 spiro atoms. The van der Waals surface area contributed by atoms with Crippen LogP contribution in [-0.2, 0) is 11.3 Å². The Hall–Kier alpha value is -3.91. The number of aromatic nitrogens is 4. The van der Waals surface area contributed by atoms with Gasteiger partial charge in [0.15, 0.2) is 0 Å². The van der Waals surface area contributed by atoms with Gasteiger partial charge in [0.1, 0.15) is 5.82 Å². The average molecular weight is 448 g/mol. The number of amides is 1. The van der Waals surface area contributed by atoms with E-state index in [4.69, 9.17) is 11.6 Å². The molecule has 8 nitrogen and oxygen atoms in total. The number of hydrogen-bond acceptors (Lipinski definition) is 6. The van der Waals surface area contributed by atoms with Crippen LogP contribution in [0.3, 0.4) is 0 Å². The van der Waals surface area contributed by atoms with Crippen LogP contribution >= 0.6 is 11.6 Å². The summed E-state index contributed by atoms with van der Waals surface area (Å²) in [5.74, 6) is 0.723. The molecule has 2 heterocycles. The zero-order valence-electron chi connectivity index (χ0n) is 17.7. The molecule has 162 valence electrons. The van der Waals surface area contributed by atoms with Gasteiger partial charge in [-0.1, -0.05) is 24.2 Å². The van der Waals surface area contributed by atoms with Crippen molar-refractivity contribution in [1.29, 1.82) is 0 Å². The summed E-state index contributed by atoms with van der Waals surface area (Å²) in [6.07, 6.45) is 3.14. The molecule has 1 amide bonds. The summed E-state index contributed by atoms with van der Waals surface area (Å²) < 4.78 is 1.85. The minimum atomic E-state index is -0.282. The molecule has 0 atom stereocenters. The molecule has 0 bridgehead atoms. The van der Waals surface area contributed by atoms with E-state index in [1.807, 2.05) is 55.1 Å². The Labute approximate surface area is 190 Å². The predicted molar refractivity (Wildman–Crippen MR) is 129 cm³/mol. The van der Waals surface area contributed by atoms with Crippen molar-refractivity contribution in [3.05, 3.63) is 72.0 Å². The van der Waals surface area contributed by atoms with Gasteiger partial charge < -0.3 is 16.0 Å². The fourth-order valence-electron chi connectivity index (χ4n) is 3.18. The maximum atomic E-state index is 11.6. The van der Waals surface area contributed by atoms with Gasteiger partial charge in [-0.05, 0) is 56.3 Å². The summed E-state index contributed by atoms with van der Waals surface area (Å²) >= 11 is 6.23. The second-order valence-electron chi connectivity index (χ2n) is 7.07. The summed E-state index contributed by atoms with van der Waals surface area (Å²) in [5.41, 5.74) is 3.79. The number of carbonyl (C=O) groups is 1. The maximum Gasteiger partial charge on any atom is 0.247 e. The van der Waals surface area contributed by atoms with Gasteiger partial charge in [0.05, 0.1) is 16.9 Å². The van der Waals surface area contributed by atoms with Crippen molar-refractivity contribution in [2.45, 2.75) is 20.4 Å². The first-order valence-electron chi connectivity index (χ1n) is 10.0. The highest BCUT2D eigenvalue weighted by Gasteiger charge is 2.12. The largest absolute Gasteiger partial charge is 0.339 e. The summed E-state index contributed by atoms with van der Waals surface area (Å²) in [6, 6.07) is 12.8. The minimum absolute atomic E-state index is 0.282. The standard InChI is InChI=1S/C23H22ClN7O/c1-4-21(32)25-16-7-6-8-17(12-16)26-22-18-11-15(24)9-10-19(18)27-23(29-22)28-20-13-31(5-2)30-14(20)3/h4,6-13H,1,5H2,2-3H3,(H,25,32)(H2,26,27,28,29). The van der Waals surface area contributed by atoms with Crippen LogP contribution in [0.25, 0.3) is 10.9 Å². The summed E-state index contributed by atoms with van der Waals surface area (Å²) in [6.45, 7) is 8.20. The van der Waals surface area contributed by atoms with Crippen LogP contribution < -0.4 is 16.0 Å². The molecule has 0 fully saturated rings. The van der Waals surface area contributed by atoms with Crippen molar-refractivity contribution in [3.8, 4) is 0 Å². The number of fused-ring (bicyclic) bond motifs is 1. The fourth-order valence-corrected chi connectivity index (χ4v) is 3.35. The third-order valence-corrected chi connectivity index (χ3v) is 4.99. The lowest BCUT2D eigenvalue weighted by Gasteiger charge is -2.13. The summed E-state index contributed by atoms with van der Waals surface area (Å²) in [7, 11) is 0. The lowest BCUT2D eigenvalue weighted by molar-refractivity contribution is -0.111. The lowest BCUT2D eigenvalue weighted by atomic mass is 10.2. The van der Waals surface area contributed by atoms with Crippen LogP contribution in [-0.4, -0.2) is 25.7 Å². The van der Waals surface area contributed by atoms with Gasteiger partial charge in [-0.2, -0.15) is 10.1 Å². The highest BCUT2D eigenvalue weighted by Crippen LogP contribution is 2.29. The van der Waals surface area contributed by atoms with Gasteiger partial charge in [0.25, 0.3) is 0 Å². The second-order valence-corrected chi connectivity index (χ2v) is 7.50. The molecule has 0 aliphatic rings. The molecule has 0 unspecified atom stereocenters. The van der Waals surface area contributed by atoms with Gasteiger partial charge in [0.2, 0.25) is 11.9 Å². The van der Waals surface area contributed by atoms with Crippen molar-refractivity contribution in [3.63, 3.8) is 0 Å². The Balaban J connectivity index is 1.71. The molecule has 4 rings (SSSR count). The molecule has 0 saturated carbocycles. The molecule has 2 aromatic carbocycles. The number of halogens is 1. The Morgan fingerprint density at radius 2 is 1.97 bits per heavy atom. The SMILES string of the molecule is C=CC(=O)Nc1cccc(Nc2nc(Nc3cn(CC)nc3C)nc3ccc(Cl)cc23)c1. The van der Waals surface area contributed by atoms with E-state index in [-0.39, 0.29) is 5.91 Å². The molecular weight excluding hydrogens is 426 g/mol. The van der Waals surface area contributed by atoms with Gasteiger partial charge in [-0.25, -0.2) is 4.98 Å². The van der Waals surface area contributed by atoms with Crippen LogP contribution in [0, 0.1) is 6.92 Å². The number of anilines is 5. The van der Waals surface area contributed by atoms with Gasteiger partial charge in [0, 0.05) is 34.5 Å². The van der Waals surface area contributed by atoms with Crippen LogP contribution in [0.2, 0.25) is 5.02 Å². The number of hydrogen-bond donors (Lipinski definition) is 3. The number of aryl methyl sites for hydroxylation is 2. The zero-order chi connectivity index (χ0) is 22.7. The lowest BCUT2D eigenvalue weighted by Crippen LogP contribution is -2.07. The number of nitrogens with one attached hydrogen (secondary N) is 3. The molecule has 3 N–H and O–H groups in total. The van der Waals surface area contributed by atoms with E-state index in [1.165, 1.54) is 6.08 Å². The van der Waals surface area contributed by atoms with Crippen LogP contribution in [0.15, 0.2) is 61.3 Å². The van der Waals surface area contributed by atoms with Crippen molar-refractivity contribution in [2.75, 3.05) is 16.0 Å². The molecule has 9 heteroatoms. The van der Waals surface area contributed by atoms with E-state index < -0.39 is 0 Å². The highest BCUT2D eigenvalue weighted by molar-refractivity contribution is 6.31. The van der Waals surface area contributed by atoms with Crippen molar-refractivity contribution >= 4 is 57.2 Å². The van der Waals surface area contributed by atoms with E-state index in [1.54, 1.807) is 12.1 Å². The minimum Gasteiger partial charge on any atom is -0.339 e. The van der Waals surface area contributed by atoms with E-state index >= 15 is 0 Å². The first kappa shape index (κ1) is 21.3. The molecule has 0 aliphatic heterocycles. The maximum absolute atomic E-state index is 11.6. The van der Waals surface area contributed by atoms with Crippen LogP contribution in [0.1, 0.15) is 12.6 Å². The Kier molecular flexibility index (Phi) is 6.04. The molecule has 4 aromatic rings. The Bertz CT molecular complexity index is 1320. The van der Waals surface area contributed by atoms with Crippen LogP contribution in [0.5, 0.6) is 0 Å². The fraction of sp³-hybridized carbons (Fsp3) is 0.130. The molecule has 0 saturated heterocycles. The van der Waals surface area contributed by atoms with E-state index in [0.29, 0.717) is 22.5 Å². The molecule has 32 heavy (non-hydrogen) atoms. The van der Waals surface area contributed by atoms with Gasteiger partial charge in [-0.15, -0.1) is 0 Å². The van der Waals surface area contributed by atoms with Crippen LogP contribution in [0.4, 0.5) is 28.8 Å². The second kappa shape index (κ2) is 9.07. The monoisotopic (exact) mass is 447 g/mol. The number of benzene rings is 2.